The molecule has 0 fully saturated rings. The highest BCUT2D eigenvalue weighted by Gasteiger charge is 2.35. The molecular weight excluding hydrogens is 448 g/mol. The van der Waals surface area contributed by atoms with E-state index in [0.29, 0.717) is 23.7 Å². The summed E-state index contributed by atoms with van der Waals surface area (Å²) in [7, 11) is -2.20. The molecule has 3 aromatic rings. The van der Waals surface area contributed by atoms with Crippen LogP contribution in [0.1, 0.15) is 11.1 Å². The van der Waals surface area contributed by atoms with Crippen molar-refractivity contribution in [2.45, 2.75) is 24.0 Å². The van der Waals surface area contributed by atoms with Crippen LogP contribution in [-0.4, -0.2) is 39.1 Å². The second kappa shape index (κ2) is 9.22. The fraction of sp³-hybridized carbons (Fsp3) is 0.208. The number of benzene rings is 3. The molecule has 4 rings (SSSR count). The molecule has 166 valence electrons. The van der Waals surface area contributed by atoms with Crippen LogP contribution in [0.4, 0.5) is 10.5 Å². The van der Waals surface area contributed by atoms with Gasteiger partial charge >= 0.3 is 6.09 Å². The molecule has 1 aliphatic heterocycles. The van der Waals surface area contributed by atoms with Gasteiger partial charge in [0, 0.05) is 25.0 Å². The largest absolute Gasteiger partial charge is 0.444 e. The highest BCUT2D eigenvalue weighted by Crippen LogP contribution is 2.33. The molecule has 0 bridgehead atoms. The van der Waals surface area contributed by atoms with Crippen molar-refractivity contribution < 1.29 is 17.9 Å². The van der Waals surface area contributed by atoms with E-state index in [1.54, 1.807) is 31.3 Å². The van der Waals surface area contributed by atoms with Crippen LogP contribution < -0.4 is 4.31 Å². The van der Waals surface area contributed by atoms with Crippen molar-refractivity contribution in [3.63, 3.8) is 0 Å². The maximum absolute atomic E-state index is 13.4. The Balaban J connectivity index is 1.55. The Morgan fingerprint density at radius 1 is 1.03 bits per heavy atom. The summed E-state index contributed by atoms with van der Waals surface area (Å²) in [5.41, 5.74) is 2.38. The summed E-state index contributed by atoms with van der Waals surface area (Å²) < 4.78 is 33.8. The van der Waals surface area contributed by atoms with Crippen molar-refractivity contribution >= 4 is 33.4 Å². The van der Waals surface area contributed by atoms with Gasteiger partial charge in [0.15, 0.2) is 0 Å². The predicted molar refractivity (Wildman–Crippen MR) is 124 cm³/mol. The number of sulfonamides is 1. The number of amides is 1. The van der Waals surface area contributed by atoms with Crippen LogP contribution in [0.15, 0.2) is 83.8 Å². The molecule has 0 spiro atoms. The van der Waals surface area contributed by atoms with Gasteiger partial charge in [0.1, 0.15) is 6.10 Å². The Hall–Kier alpha value is -3.03. The van der Waals surface area contributed by atoms with E-state index in [2.05, 4.69) is 0 Å². The number of carbonyl (C=O) groups is 1. The lowest BCUT2D eigenvalue weighted by molar-refractivity contribution is 0.0698. The zero-order chi connectivity index (χ0) is 22.7. The van der Waals surface area contributed by atoms with Gasteiger partial charge in [-0.25, -0.2) is 13.2 Å². The van der Waals surface area contributed by atoms with Crippen LogP contribution in [-0.2, 0) is 27.7 Å². The summed E-state index contributed by atoms with van der Waals surface area (Å²) in [4.78, 5) is 14.3. The molecule has 1 aliphatic rings. The number of hydrogen-bond donors (Lipinski definition) is 0. The zero-order valence-corrected chi connectivity index (χ0v) is 19.1. The second-order valence-corrected chi connectivity index (χ2v) is 9.97. The molecule has 0 N–H and O–H groups in total. The lowest BCUT2D eigenvalue weighted by Crippen LogP contribution is -2.45. The van der Waals surface area contributed by atoms with Crippen molar-refractivity contribution in [3.8, 4) is 0 Å². The first-order valence-electron chi connectivity index (χ1n) is 10.2. The second-order valence-electron chi connectivity index (χ2n) is 7.67. The fourth-order valence-electron chi connectivity index (χ4n) is 3.71. The van der Waals surface area contributed by atoms with Gasteiger partial charge in [-0.1, -0.05) is 60.1 Å². The number of para-hydroxylation sites is 1. The number of carbonyl (C=O) groups excluding carboxylic acids is 1. The third kappa shape index (κ3) is 4.74. The van der Waals surface area contributed by atoms with Crippen LogP contribution in [0.3, 0.4) is 0 Å². The monoisotopic (exact) mass is 470 g/mol. The summed E-state index contributed by atoms with van der Waals surface area (Å²) in [6.45, 7) is 0.433. The normalized spacial score (nSPS) is 15.7. The molecular formula is C24H23ClN2O4S. The van der Waals surface area contributed by atoms with Gasteiger partial charge < -0.3 is 9.64 Å². The van der Waals surface area contributed by atoms with E-state index in [1.807, 2.05) is 42.5 Å². The number of halogens is 1. The van der Waals surface area contributed by atoms with E-state index in [1.165, 1.54) is 21.3 Å². The third-order valence-corrected chi connectivity index (χ3v) is 7.37. The maximum Gasteiger partial charge on any atom is 0.410 e. The molecule has 1 amide bonds. The molecule has 32 heavy (non-hydrogen) atoms. The molecule has 0 saturated carbocycles. The molecule has 0 aliphatic carbocycles. The summed E-state index contributed by atoms with van der Waals surface area (Å²) in [6.07, 6.45) is -0.673. The maximum atomic E-state index is 13.4. The van der Waals surface area contributed by atoms with E-state index >= 15 is 0 Å². The Morgan fingerprint density at radius 3 is 2.41 bits per heavy atom. The minimum atomic E-state index is -3.86. The average Bonchev–Trinajstić information content (AvgIpc) is 2.79. The molecule has 0 aromatic heterocycles. The van der Waals surface area contributed by atoms with Gasteiger partial charge in [0.2, 0.25) is 0 Å². The summed E-state index contributed by atoms with van der Waals surface area (Å²) in [5.74, 6) is 0. The van der Waals surface area contributed by atoms with Crippen molar-refractivity contribution in [2.24, 2.45) is 0 Å². The summed E-state index contributed by atoms with van der Waals surface area (Å²) in [6, 6.07) is 22.9. The molecule has 0 saturated heterocycles. The molecule has 1 atom stereocenters. The van der Waals surface area contributed by atoms with E-state index < -0.39 is 22.2 Å². The van der Waals surface area contributed by atoms with Crippen molar-refractivity contribution in [1.82, 2.24) is 4.90 Å². The van der Waals surface area contributed by atoms with E-state index in [4.69, 9.17) is 16.3 Å². The van der Waals surface area contributed by atoms with E-state index in [-0.39, 0.29) is 11.4 Å². The lowest BCUT2D eigenvalue weighted by Gasteiger charge is -2.35. The van der Waals surface area contributed by atoms with Gasteiger partial charge in [-0.15, -0.1) is 0 Å². The highest BCUT2D eigenvalue weighted by molar-refractivity contribution is 7.92. The molecule has 6 nitrogen and oxygen atoms in total. The molecule has 8 heteroatoms. The number of anilines is 1. The predicted octanol–water partition coefficient (Wildman–Crippen LogP) is 4.73. The Morgan fingerprint density at radius 2 is 1.69 bits per heavy atom. The SMILES string of the molecule is CN(Cc1ccccc1)C(=O)O[C@@H]1Cc2ccccc2N(S(=O)(=O)c2ccc(Cl)cc2)C1. The summed E-state index contributed by atoms with van der Waals surface area (Å²) in [5, 5.41) is 0.455. The van der Waals surface area contributed by atoms with Gasteiger partial charge in [0.05, 0.1) is 17.1 Å². The van der Waals surface area contributed by atoms with Crippen LogP contribution >= 0.6 is 11.6 Å². The first-order valence-corrected chi connectivity index (χ1v) is 12.0. The number of rotatable bonds is 5. The van der Waals surface area contributed by atoms with Crippen LogP contribution in [0.25, 0.3) is 0 Å². The Kier molecular flexibility index (Phi) is 6.39. The average molecular weight is 471 g/mol. The third-order valence-electron chi connectivity index (χ3n) is 5.32. The fourth-order valence-corrected chi connectivity index (χ4v) is 5.37. The minimum absolute atomic E-state index is 0.0346. The molecule has 0 radical (unpaired) electrons. The van der Waals surface area contributed by atoms with E-state index in [0.717, 1.165) is 11.1 Å². The minimum Gasteiger partial charge on any atom is -0.444 e. The number of hydrogen-bond acceptors (Lipinski definition) is 4. The van der Waals surface area contributed by atoms with Gasteiger partial charge in [-0.05, 0) is 41.5 Å². The van der Waals surface area contributed by atoms with Gasteiger partial charge in [0.25, 0.3) is 10.0 Å². The first-order chi connectivity index (χ1) is 15.3. The summed E-state index contributed by atoms with van der Waals surface area (Å²) >= 11 is 5.93. The van der Waals surface area contributed by atoms with Crippen molar-refractivity contribution in [2.75, 3.05) is 17.9 Å². The zero-order valence-electron chi connectivity index (χ0n) is 17.5. The highest BCUT2D eigenvalue weighted by atomic mass is 35.5. The smallest absolute Gasteiger partial charge is 0.410 e. The van der Waals surface area contributed by atoms with Crippen molar-refractivity contribution in [3.05, 3.63) is 95.0 Å². The molecule has 0 unspecified atom stereocenters. The Labute approximate surface area is 193 Å². The van der Waals surface area contributed by atoms with E-state index in [9.17, 15) is 13.2 Å². The Bertz CT molecular complexity index is 1200. The van der Waals surface area contributed by atoms with Gasteiger partial charge in [-0.3, -0.25) is 4.31 Å². The number of nitrogens with zero attached hydrogens (tertiary/aromatic N) is 2. The quantitative estimate of drug-likeness (QED) is 0.540. The van der Waals surface area contributed by atoms with Crippen LogP contribution in [0.2, 0.25) is 5.02 Å². The number of ether oxygens (including phenoxy) is 1. The van der Waals surface area contributed by atoms with Crippen molar-refractivity contribution in [1.29, 1.82) is 0 Å². The van der Waals surface area contributed by atoms with Gasteiger partial charge in [-0.2, -0.15) is 0 Å². The van der Waals surface area contributed by atoms with Crippen LogP contribution in [0.5, 0.6) is 0 Å². The van der Waals surface area contributed by atoms with Crippen LogP contribution in [0, 0.1) is 0 Å². The lowest BCUT2D eigenvalue weighted by atomic mass is 10.0. The topological polar surface area (TPSA) is 66.9 Å². The molecule has 1 heterocycles. The number of fused-ring (bicyclic) bond motifs is 1. The first kappa shape index (κ1) is 22.2. The molecule has 3 aromatic carbocycles. The standard InChI is InChI=1S/C24H23ClN2O4S/c1-26(16-18-7-3-2-4-8-18)24(28)31-21-15-19-9-5-6-10-23(19)27(17-21)32(29,30)22-13-11-20(25)12-14-22/h2-14,21H,15-17H2,1H3/t21-/m1/s1.